The molecular weight excluding hydrogens is 288 g/mol. The molecule has 1 aromatic rings. The third-order valence-corrected chi connectivity index (χ3v) is 5.14. The molecule has 3 heterocycles. The van der Waals surface area contributed by atoms with Gasteiger partial charge in [0, 0.05) is 36.8 Å². The zero-order valence-electron chi connectivity index (χ0n) is 14.7. The van der Waals surface area contributed by atoms with Crippen LogP contribution in [-0.2, 0) is 0 Å². The first kappa shape index (κ1) is 16.3. The van der Waals surface area contributed by atoms with Crippen LogP contribution in [0.4, 0.5) is 0 Å². The molecule has 3 unspecified atom stereocenters. The van der Waals surface area contributed by atoms with E-state index in [4.69, 9.17) is 4.74 Å². The highest BCUT2D eigenvalue weighted by molar-refractivity contribution is 5.95. The van der Waals surface area contributed by atoms with Gasteiger partial charge in [0.05, 0.1) is 6.10 Å². The van der Waals surface area contributed by atoms with E-state index in [2.05, 4.69) is 23.6 Å². The van der Waals surface area contributed by atoms with Crippen molar-refractivity contribution in [2.45, 2.75) is 64.8 Å². The van der Waals surface area contributed by atoms with Gasteiger partial charge < -0.3 is 9.64 Å². The number of ether oxygens (including phenoxy) is 1. The van der Waals surface area contributed by atoms with Gasteiger partial charge in [-0.05, 0) is 57.9 Å². The summed E-state index contributed by atoms with van der Waals surface area (Å²) in [6.45, 7) is 10.6. The molecule has 0 radical (unpaired) electrons. The van der Waals surface area contributed by atoms with Gasteiger partial charge in [0.1, 0.15) is 5.75 Å². The van der Waals surface area contributed by atoms with Gasteiger partial charge in [-0.15, -0.1) is 0 Å². The molecule has 4 rings (SSSR count). The third kappa shape index (κ3) is 3.23. The first-order valence-corrected chi connectivity index (χ1v) is 8.83. The zero-order valence-corrected chi connectivity index (χ0v) is 14.7. The normalized spacial score (nSPS) is 25.2. The molecule has 0 saturated carbocycles. The molecule has 4 heteroatoms. The quantitative estimate of drug-likeness (QED) is 0.836. The molecule has 0 aliphatic carbocycles. The maximum atomic E-state index is 12.8. The summed E-state index contributed by atoms with van der Waals surface area (Å²) in [5.41, 5.74) is 0.771. The van der Waals surface area contributed by atoms with Gasteiger partial charge in [-0.3, -0.25) is 9.69 Å². The second-order valence-electron chi connectivity index (χ2n) is 7.16. The van der Waals surface area contributed by atoms with Crippen LogP contribution in [-0.4, -0.2) is 53.0 Å². The van der Waals surface area contributed by atoms with Crippen LogP contribution >= 0.6 is 0 Å². The lowest BCUT2D eigenvalue weighted by Crippen LogP contribution is -2.71. The van der Waals surface area contributed by atoms with Gasteiger partial charge >= 0.3 is 0 Å². The Labute approximate surface area is 139 Å². The Bertz CT molecular complexity index is 543. The van der Waals surface area contributed by atoms with E-state index in [-0.39, 0.29) is 12.0 Å². The molecule has 23 heavy (non-hydrogen) atoms. The van der Waals surface area contributed by atoms with Gasteiger partial charge in [-0.25, -0.2) is 0 Å². The minimum atomic E-state index is 0.151. The summed E-state index contributed by atoms with van der Waals surface area (Å²) in [5, 5.41) is 0. The molecule has 0 aromatic heterocycles. The van der Waals surface area contributed by atoms with Crippen molar-refractivity contribution in [2.75, 3.05) is 13.1 Å². The Balaban J connectivity index is 1.64. The third-order valence-electron chi connectivity index (χ3n) is 5.14. The topological polar surface area (TPSA) is 32.8 Å². The molecule has 3 aliphatic rings. The fraction of sp³-hybridized carbons (Fsp3) is 0.632. The lowest BCUT2D eigenvalue weighted by Gasteiger charge is -2.57. The van der Waals surface area contributed by atoms with Crippen LogP contribution in [0.2, 0.25) is 0 Å². The highest BCUT2D eigenvalue weighted by atomic mass is 16.5. The largest absolute Gasteiger partial charge is 0.491 e. The van der Waals surface area contributed by atoms with Crippen LogP contribution in [0.25, 0.3) is 0 Å². The first-order valence-electron chi connectivity index (χ1n) is 8.83. The average Bonchev–Trinajstić information content (AvgIpc) is 2.54. The number of benzene rings is 1. The van der Waals surface area contributed by atoms with E-state index in [1.165, 1.54) is 6.42 Å². The molecule has 3 atom stereocenters. The summed E-state index contributed by atoms with van der Waals surface area (Å²) in [6, 6.07) is 8.97. The molecule has 2 bridgehead atoms. The summed E-state index contributed by atoms with van der Waals surface area (Å²) in [6.07, 6.45) is 2.48. The molecule has 0 spiro atoms. The van der Waals surface area contributed by atoms with Crippen molar-refractivity contribution in [1.29, 1.82) is 0 Å². The van der Waals surface area contributed by atoms with Crippen molar-refractivity contribution in [3.63, 3.8) is 0 Å². The summed E-state index contributed by atoms with van der Waals surface area (Å²) in [5.74, 6) is 0.995. The van der Waals surface area contributed by atoms with E-state index in [1.807, 2.05) is 38.1 Å². The monoisotopic (exact) mass is 316 g/mol. The number of hydrogen-bond acceptors (Lipinski definition) is 3. The van der Waals surface area contributed by atoms with E-state index in [1.54, 1.807) is 0 Å². The van der Waals surface area contributed by atoms with Gasteiger partial charge in [0.2, 0.25) is 0 Å². The van der Waals surface area contributed by atoms with E-state index < -0.39 is 0 Å². The van der Waals surface area contributed by atoms with Crippen molar-refractivity contribution < 1.29 is 9.53 Å². The standard InChI is InChI=1S/C19H28N2O2/c1-5-14(4)20-11-16-10-17(12-20)21(16)19(22)15-6-8-18(9-7-15)23-13(2)3/h6-9,13-14,16-17H,5,10-12H2,1-4H3. The van der Waals surface area contributed by atoms with E-state index >= 15 is 0 Å². The van der Waals surface area contributed by atoms with E-state index in [0.29, 0.717) is 18.1 Å². The first-order chi connectivity index (χ1) is 11.0. The molecule has 3 fully saturated rings. The minimum absolute atomic E-state index is 0.151. The van der Waals surface area contributed by atoms with Crippen molar-refractivity contribution in [3.05, 3.63) is 29.8 Å². The summed E-state index contributed by atoms with van der Waals surface area (Å²) in [7, 11) is 0. The highest BCUT2D eigenvalue weighted by Crippen LogP contribution is 2.35. The Hall–Kier alpha value is -1.55. The number of carbonyl (C=O) groups excluding carboxylic acids is 1. The Morgan fingerprint density at radius 1 is 1.17 bits per heavy atom. The maximum Gasteiger partial charge on any atom is 0.254 e. The zero-order chi connectivity index (χ0) is 16.6. The molecule has 1 aromatic carbocycles. The second-order valence-corrected chi connectivity index (χ2v) is 7.16. The van der Waals surface area contributed by atoms with Crippen molar-refractivity contribution in [1.82, 2.24) is 9.80 Å². The molecule has 0 N–H and O–H groups in total. The van der Waals surface area contributed by atoms with Crippen LogP contribution in [0.15, 0.2) is 24.3 Å². The fourth-order valence-electron chi connectivity index (χ4n) is 3.69. The molecule has 126 valence electrons. The van der Waals surface area contributed by atoms with Crippen molar-refractivity contribution in [3.8, 4) is 5.75 Å². The van der Waals surface area contributed by atoms with Crippen molar-refractivity contribution in [2.24, 2.45) is 0 Å². The van der Waals surface area contributed by atoms with Crippen LogP contribution in [0.1, 0.15) is 50.9 Å². The summed E-state index contributed by atoms with van der Waals surface area (Å²) >= 11 is 0. The smallest absolute Gasteiger partial charge is 0.254 e. The number of carbonyl (C=O) groups is 1. The lowest BCUT2D eigenvalue weighted by atomic mass is 9.85. The number of rotatable bonds is 5. The lowest BCUT2D eigenvalue weighted by molar-refractivity contribution is -0.0587. The molecule has 4 nitrogen and oxygen atoms in total. The summed E-state index contributed by atoms with van der Waals surface area (Å²) < 4.78 is 5.65. The van der Waals surface area contributed by atoms with Gasteiger partial charge in [0.25, 0.3) is 5.91 Å². The Morgan fingerprint density at radius 2 is 1.78 bits per heavy atom. The molecule has 1 amide bonds. The van der Waals surface area contributed by atoms with Gasteiger partial charge in [-0.1, -0.05) is 6.92 Å². The number of piperidine rings is 1. The molecular formula is C19H28N2O2. The Kier molecular flexibility index (Phi) is 4.62. The van der Waals surface area contributed by atoms with E-state index in [9.17, 15) is 4.79 Å². The van der Waals surface area contributed by atoms with Crippen LogP contribution in [0.3, 0.4) is 0 Å². The molecule has 3 saturated heterocycles. The van der Waals surface area contributed by atoms with Crippen LogP contribution in [0.5, 0.6) is 5.75 Å². The average molecular weight is 316 g/mol. The minimum Gasteiger partial charge on any atom is -0.491 e. The SMILES string of the molecule is CCC(C)N1CC2CC(C1)N2C(=O)c1ccc(OC(C)C)cc1. The predicted octanol–water partition coefficient (Wildman–Crippen LogP) is 3.17. The van der Waals surface area contributed by atoms with Crippen LogP contribution < -0.4 is 4.74 Å². The highest BCUT2D eigenvalue weighted by Gasteiger charge is 2.47. The summed E-state index contributed by atoms with van der Waals surface area (Å²) in [4.78, 5) is 17.4. The van der Waals surface area contributed by atoms with Crippen LogP contribution in [0, 0.1) is 0 Å². The number of nitrogens with zero attached hydrogens (tertiary/aromatic N) is 2. The maximum absolute atomic E-state index is 12.8. The number of fused-ring (bicyclic) bond motifs is 2. The van der Waals surface area contributed by atoms with E-state index in [0.717, 1.165) is 30.8 Å². The number of amides is 1. The Morgan fingerprint density at radius 3 is 2.30 bits per heavy atom. The number of piperazine rings is 1. The van der Waals surface area contributed by atoms with Crippen molar-refractivity contribution >= 4 is 5.91 Å². The second kappa shape index (κ2) is 6.52. The van der Waals surface area contributed by atoms with Gasteiger partial charge in [-0.2, -0.15) is 0 Å². The predicted molar refractivity (Wildman–Crippen MR) is 91.9 cm³/mol. The fourth-order valence-corrected chi connectivity index (χ4v) is 3.69. The molecule has 3 aliphatic heterocycles. The number of hydrogen-bond donors (Lipinski definition) is 0. The van der Waals surface area contributed by atoms with Gasteiger partial charge in [0.15, 0.2) is 0 Å².